The zero-order valence-electron chi connectivity index (χ0n) is 12.9. The summed E-state index contributed by atoms with van der Waals surface area (Å²) >= 11 is 0. The molecule has 2 aliphatic rings. The molecule has 2 atom stereocenters. The number of hydrogen-bond acceptors (Lipinski definition) is 4. The van der Waals surface area contributed by atoms with E-state index in [1.165, 1.54) is 23.1 Å². The third-order valence-corrected chi connectivity index (χ3v) is 6.12. The van der Waals surface area contributed by atoms with E-state index in [1.807, 2.05) is 0 Å². The molecule has 1 N–H and O–H groups in total. The van der Waals surface area contributed by atoms with Gasteiger partial charge in [0.1, 0.15) is 6.54 Å². The average Bonchev–Trinajstić information content (AvgIpc) is 2.94. The minimum Gasteiger partial charge on any atom is -0.343 e. The van der Waals surface area contributed by atoms with Gasteiger partial charge < -0.3 is 10.2 Å². The van der Waals surface area contributed by atoms with Gasteiger partial charge in [0, 0.05) is 12.3 Å². The standard InChI is InChI=1S/C15H15F3N2O4S/c16-15(17,18)8-19-14(22)10-3-1-2-4-11(10)20-12-7-25(23,24)6-9(12)5-13(20)21/h1-4,9,12H,5-8H2,(H,19,22)/t9-,12-/m1/s1. The van der Waals surface area contributed by atoms with Crippen molar-refractivity contribution in [2.75, 3.05) is 23.0 Å². The van der Waals surface area contributed by atoms with Gasteiger partial charge in [-0.05, 0) is 12.1 Å². The van der Waals surface area contributed by atoms with E-state index in [9.17, 15) is 31.2 Å². The first-order valence-corrected chi connectivity index (χ1v) is 9.36. The maximum absolute atomic E-state index is 12.3. The molecule has 1 aromatic carbocycles. The monoisotopic (exact) mass is 376 g/mol. The molecule has 2 heterocycles. The zero-order chi connectivity index (χ0) is 18.4. The molecular formula is C15H15F3N2O4S. The Morgan fingerprint density at radius 2 is 1.92 bits per heavy atom. The molecule has 3 rings (SSSR count). The van der Waals surface area contributed by atoms with Gasteiger partial charge in [0.2, 0.25) is 5.91 Å². The van der Waals surface area contributed by atoms with E-state index in [1.54, 1.807) is 11.4 Å². The Morgan fingerprint density at radius 1 is 1.24 bits per heavy atom. The molecule has 2 amide bonds. The first-order chi connectivity index (χ1) is 11.6. The molecule has 0 aromatic heterocycles. The lowest BCUT2D eigenvalue weighted by Gasteiger charge is -2.25. The van der Waals surface area contributed by atoms with Crippen LogP contribution in [0, 0.1) is 5.92 Å². The number of rotatable bonds is 3. The van der Waals surface area contributed by atoms with E-state index in [-0.39, 0.29) is 41.0 Å². The summed E-state index contributed by atoms with van der Waals surface area (Å²) in [4.78, 5) is 25.7. The second-order valence-electron chi connectivity index (χ2n) is 6.19. The van der Waals surface area contributed by atoms with Crippen LogP contribution in [-0.4, -0.2) is 50.5 Å². The van der Waals surface area contributed by atoms with Crippen LogP contribution in [0.1, 0.15) is 16.8 Å². The van der Waals surface area contributed by atoms with Gasteiger partial charge >= 0.3 is 6.18 Å². The predicted octanol–water partition coefficient (Wildman–Crippen LogP) is 1.13. The Kier molecular flexibility index (Phi) is 4.26. The highest BCUT2D eigenvalue weighted by atomic mass is 32.2. The smallest absolute Gasteiger partial charge is 0.343 e. The Bertz CT molecular complexity index is 822. The van der Waals surface area contributed by atoms with Crippen LogP contribution in [0.3, 0.4) is 0 Å². The molecule has 6 nitrogen and oxygen atoms in total. The van der Waals surface area contributed by atoms with Crippen LogP contribution in [0.25, 0.3) is 0 Å². The summed E-state index contributed by atoms with van der Waals surface area (Å²) in [7, 11) is -3.28. The highest BCUT2D eigenvalue weighted by molar-refractivity contribution is 7.91. The molecule has 10 heteroatoms. The molecule has 1 aromatic rings. The molecule has 136 valence electrons. The van der Waals surface area contributed by atoms with Crippen LogP contribution >= 0.6 is 0 Å². The molecule has 0 spiro atoms. The van der Waals surface area contributed by atoms with Gasteiger partial charge in [-0.1, -0.05) is 12.1 Å². The molecule has 0 bridgehead atoms. The topological polar surface area (TPSA) is 83.6 Å². The molecule has 0 unspecified atom stereocenters. The fraction of sp³-hybridized carbons (Fsp3) is 0.467. The third-order valence-electron chi connectivity index (χ3n) is 4.33. The number of amides is 2. The Labute approximate surface area is 141 Å². The van der Waals surface area contributed by atoms with Crippen LogP contribution in [-0.2, 0) is 14.6 Å². The number of alkyl halides is 3. The molecule has 2 aliphatic heterocycles. The number of carbonyl (C=O) groups excluding carboxylic acids is 2. The van der Waals surface area contributed by atoms with Crippen molar-refractivity contribution in [3.05, 3.63) is 29.8 Å². The summed E-state index contributed by atoms with van der Waals surface area (Å²) in [5, 5.41) is 1.77. The second-order valence-corrected chi connectivity index (χ2v) is 8.34. The highest BCUT2D eigenvalue weighted by Gasteiger charge is 2.49. The van der Waals surface area contributed by atoms with E-state index >= 15 is 0 Å². The van der Waals surface area contributed by atoms with E-state index in [4.69, 9.17) is 0 Å². The van der Waals surface area contributed by atoms with Gasteiger partial charge in [0.05, 0.1) is 28.8 Å². The third kappa shape index (κ3) is 3.63. The molecule has 25 heavy (non-hydrogen) atoms. The van der Waals surface area contributed by atoms with Crippen LogP contribution < -0.4 is 10.2 Å². The Hall–Kier alpha value is -2.10. The van der Waals surface area contributed by atoms with Crippen molar-refractivity contribution >= 4 is 27.3 Å². The number of nitrogens with zero attached hydrogens (tertiary/aromatic N) is 1. The van der Waals surface area contributed by atoms with Gasteiger partial charge in [-0.2, -0.15) is 13.2 Å². The summed E-state index contributed by atoms with van der Waals surface area (Å²) < 4.78 is 60.6. The first kappa shape index (κ1) is 17.7. The van der Waals surface area contributed by atoms with E-state index in [0.717, 1.165) is 0 Å². The first-order valence-electron chi connectivity index (χ1n) is 7.54. The average molecular weight is 376 g/mol. The minimum absolute atomic E-state index is 0.0440. The van der Waals surface area contributed by atoms with E-state index < -0.39 is 34.5 Å². The summed E-state index contributed by atoms with van der Waals surface area (Å²) in [6.45, 7) is -1.49. The van der Waals surface area contributed by atoms with Gasteiger partial charge in [-0.3, -0.25) is 9.59 Å². The lowest BCUT2D eigenvalue weighted by atomic mass is 10.0. The van der Waals surface area contributed by atoms with Gasteiger partial charge in [-0.25, -0.2) is 8.42 Å². The van der Waals surface area contributed by atoms with Gasteiger partial charge in [0.25, 0.3) is 5.91 Å². The lowest BCUT2D eigenvalue weighted by Crippen LogP contribution is -2.39. The number of para-hydroxylation sites is 1. The number of carbonyl (C=O) groups is 2. The number of nitrogens with one attached hydrogen (secondary N) is 1. The largest absolute Gasteiger partial charge is 0.405 e. The second kappa shape index (κ2) is 6.01. The predicted molar refractivity (Wildman–Crippen MR) is 82.9 cm³/mol. The van der Waals surface area contributed by atoms with Crippen molar-refractivity contribution in [3.8, 4) is 0 Å². The lowest BCUT2D eigenvalue weighted by molar-refractivity contribution is -0.123. The molecule has 0 radical (unpaired) electrons. The molecule has 2 fully saturated rings. The number of fused-ring (bicyclic) bond motifs is 1. The Morgan fingerprint density at radius 3 is 2.60 bits per heavy atom. The normalized spacial score (nSPS) is 25.1. The van der Waals surface area contributed by atoms with Crippen molar-refractivity contribution in [1.82, 2.24) is 5.32 Å². The number of sulfone groups is 1. The maximum atomic E-state index is 12.3. The van der Waals surface area contributed by atoms with Crippen LogP contribution in [0.5, 0.6) is 0 Å². The fourth-order valence-corrected chi connectivity index (χ4v) is 5.42. The van der Waals surface area contributed by atoms with E-state index in [0.29, 0.717) is 0 Å². The van der Waals surface area contributed by atoms with Crippen molar-refractivity contribution < 1.29 is 31.2 Å². The number of halogens is 3. The van der Waals surface area contributed by atoms with Crippen molar-refractivity contribution in [2.45, 2.75) is 18.6 Å². The van der Waals surface area contributed by atoms with Gasteiger partial charge in [0.15, 0.2) is 9.84 Å². The summed E-state index contributed by atoms with van der Waals surface area (Å²) in [6, 6.07) is 5.17. The molecule has 0 aliphatic carbocycles. The zero-order valence-corrected chi connectivity index (χ0v) is 13.7. The molecule has 2 saturated heterocycles. The number of anilines is 1. The molecule has 0 saturated carbocycles. The maximum Gasteiger partial charge on any atom is 0.405 e. The van der Waals surface area contributed by atoms with Crippen LogP contribution in [0.4, 0.5) is 18.9 Å². The fourth-order valence-electron chi connectivity index (χ4n) is 3.35. The van der Waals surface area contributed by atoms with Crippen molar-refractivity contribution in [3.63, 3.8) is 0 Å². The summed E-state index contributed by atoms with van der Waals surface area (Å²) in [5.74, 6) is -1.96. The van der Waals surface area contributed by atoms with Crippen LogP contribution in [0.2, 0.25) is 0 Å². The number of benzene rings is 1. The van der Waals surface area contributed by atoms with Crippen molar-refractivity contribution in [2.24, 2.45) is 5.92 Å². The minimum atomic E-state index is -4.56. The summed E-state index contributed by atoms with van der Waals surface area (Å²) in [5.41, 5.74) is 0.0434. The van der Waals surface area contributed by atoms with Gasteiger partial charge in [-0.15, -0.1) is 0 Å². The van der Waals surface area contributed by atoms with Crippen molar-refractivity contribution in [1.29, 1.82) is 0 Å². The highest BCUT2D eigenvalue weighted by Crippen LogP contribution is 2.38. The molecular weight excluding hydrogens is 361 g/mol. The van der Waals surface area contributed by atoms with E-state index in [2.05, 4.69) is 0 Å². The Balaban J connectivity index is 1.90. The summed E-state index contributed by atoms with van der Waals surface area (Å²) in [6.07, 6.45) is -4.51. The van der Waals surface area contributed by atoms with Crippen LogP contribution in [0.15, 0.2) is 24.3 Å². The SMILES string of the molecule is O=C(NCC(F)(F)F)c1ccccc1N1C(=O)C[C@@H]2CS(=O)(=O)C[C@H]21. The quantitative estimate of drug-likeness (QED) is 0.857. The number of hydrogen-bond donors (Lipinski definition) is 1.